The number of esters is 1. The van der Waals surface area contributed by atoms with E-state index in [1.807, 2.05) is 0 Å². The molecule has 0 radical (unpaired) electrons. The number of pyridine rings is 1. The maximum Gasteiger partial charge on any atom is 0.339 e. The van der Waals surface area contributed by atoms with Gasteiger partial charge in [0.15, 0.2) is 6.61 Å². The monoisotopic (exact) mass is 309 g/mol. The van der Waals surface area contributed by atoms with Crippen LogP contribution in [0.15, 0.2) is 60.8 Å². The van der Waals surface area contributed by atoms with Gasteiger partial charge in [0.25, 0.3) is 0 Å². The SMILES string of the molecule is O=C(COC(=O)c1cccc2ncccc12)c1ccccc1F. The number of hydrogen-bond acceptors (Lipinski definition) is 4. The fourth-order valence-corrected chi connectivity index (χ4v) is 2.26. The van der Waals surface area contributed by atoms with Gasteiger partial charge in [-0.15, -0.1) is 0 Å². The maximum absolute atomic E-state index is 13.5. The molecule has 0 spiro atoms. The van der Waals surface area contributed by atoms with Gasteiger partial charge in [0.2, 0.25) is 5.78 Å². The van der Waals surface area contributed by atoms with E-state index in [0.717, 1.165) is 0 Å². The van der Waals surface area contributed by atoms with Crippen molar-refractivity contribution in [3.05, 3.63) is 77.7 Å². The van der Waals surface area contributed by atoms with Crippen LogP contribution in [0, 0.1) is 5.82 Å². The first-order valence-electron chi connectivity index (χ1n) is 6.95. The van der Waals surface area contributed by atoms with Crippen LogP contribution in [-0.2, 0) is 4.74 Å². The molecule has 1 heterocycles. The van der Waals surface area contributed by atoms with E-state index in [1.165, 1.54) is 18.2 Å². The van der Waals surface area contributed by atoms with Crippen molar-refractivity contribution in [2.24, 2.45) is 0 Å². The summed E-state index contributed by atoms with van der Waals surface area (Å²) in [5, 5.41) is 0.637. The lowest BCUT2D eigenvalue weighted by Crippen LogP contribution is -2.15. The van der Waals surface area contributed by atoms with Crippen molar-refractivity contribution in [2.45, 2.75) is 0 Å². The first kappa shape index (κ1) is 14.8. The maximum atomic E-state index is 13.5. The fraction of sp³-hybridized carbons (Fsp3) is 0.0556. The average molecular weight is 309 g/mol. The molecule has 114 valence electrons. The molecular weight excluding hydrogens is 297 g/mol. The Morgan fingerprint density at radius 1 is 0.957 bits per heavy atom. The summed E-state index contributed by atoms with van der Waals surface area (Å²) in [7, 11) is 0. The van der Waals surface area contributed by atoms with Gasteiger partial charge in [-0.3, -0.25) is 9.78 Å². The van der Waals surface area contributed by atoms with E-state index >= 15 is 0 Å². The first-order valence-corrected chi connectivity index (χ1v) is 6.95. The number of hydrogen-bond donors (Lipinski definition) is 0. The molecule has 0 aliphatic heterocycles. The average Bonchev–Trinajstić information content (AvgIpc) is 2.59. The van der Waals surface area contributed by atoms with E-state index < -0.39 is 24.2 Å². The molecule has 0 aliphatic carbocycles. The molecule has 5 heteroatoms. The fourth-order valence-electron chi connectivity index (χ4n) is 2.26. The second kappa shape index (κ2) is 6.36. The van der Waals surface area contributed by atoms with Gasteiger partial charge < -0.3 is 4.74 Å². The Kier molecular flexibility index (Phi) is 4.10. The first-order chi connectivity index (χ1) is 11.2. The number of nitrogens with zero attached hydrogens (tertiary/aromatic N) is 1. The molecule has 0 N–H and O–H groups in total. The van der Waals surface area contributed by atoms with E-state index in [0.29, 0.717) is 16.5 Å². The number of halogens is 1. The Morgan fingerprint density at radius 3 is 2.57 bits per heavy atom. The van der Waals surface area contributed by atoms with Crippen molar-refractivity contribution < 1.29 is 18.7 Å². The normalized spacial score (nSPS) is 10.5. The number of Topliss-reactive ketones (excluding diaryl/α,β-unsaturated/α-hetero) is 1. The third kappa shape index (κ3) is 3.08. The molecule has 3 rings (SSSR count). The molecule has 0 bridgehead atoms. The number of rotatable bonds is 4. The van der Waals surface area contributed by atoms with Crippen LogP contribution in [0.25, 0.3) is 10.9 Å². The summed E-state index contributed by atoms with van der Waals surface area (Å²) in [5.41, 5.74) is 0.874. The molecule has 2 aromatic carbocycles. The van der Waals surface area contributed by atoms with E-state index in [1.54, 1.807) is 42.6 Å². The summed E-state index contributed by atoms with van der Waals surface area (Å²) in [5.74, 6) is -1.87. The van der Waals surface area contributed by atoms with Crippen molar-refractivity contribution in [2.75, 3.05) is 6.61 Å². The molecule has 0 saturated heterocycles. The zero-order chi connectivity index (χ0) is 16.2. The van der Waals surface area contributed by atoms with Crippen LogP contribution in [-0.4, -0.2) is 23.3 Å². The van der Waals surface area contributed by atoms with Gasteiger partial charge in [0.05, 0.1) is 16.6 Å². The van der Waals surface area contributed by atoms with Gasteiger partial charge >= 0.3 is 5.97 Å². The highest BCUT2D eigenvalue weighted by Crippen LogP contribution is 2.17. The van der Waals surface area contributed by atoms with Gasteiger partial charge in [0, 0.05) is 11.6 Å². The quantitative estimate of drug-likeness (QED) is 0.547. The zero-order valence-corrected chi connectivity index (χ0v) is 12.0. The van der Waals surface area contributed by atoms with Crippen LogP contribution in [0.5, 0.6) is 0 Å². The van der Waals surface area contributed by atoms with Crippen LogP contribution in [0.1, 0.15) is 20.7 Å². The van der Waals surface area contributed by atoms with Gasteiger partial charge in [-0.2, -0.15) is 0 Å². The molecule has 0 amide bonds. The molecule has 1 aromatic heterocycles. The number of ether oxygens (including phenoxy) is 1. The Balaban J connectivity index is 1.77. The summed E-state index contributed by atoms with van der Waals surface area (Å²) in [4.78, 5) is 28.3. The van der Waals surface area contributed by atoms with Crippen molar-refractivity contribution in [1.29, 1.82) is 0 Å². The molecule has 23 heavy (non-hydrogen) atoms. The van der Waals surface area contributed by atoms with Gasteiger partial charge in [0.1, 0.15) is 5.82 Å². The van der Waals surface area contributed by atoms with Gasteiger partial charge in [-0.1, -0.05) is 24.3 Å². The number of carbonyl (C=O) groups excluding carboxylic acids is 2. The third-order valence-electron chi connectivity index (χ3n) is 3.37. The standard InChI is InChI=1S/C18H12FNO3/c19-15-8-2-1-5-14(15)17(21)11-23-18(22)13-6-3-9-16-12(13)7-4-10-20-16/h1-10H,11H2. The van der Waals surface area contributed by atoms with E-state index in [9.17, 15) is 14.0 Å². The number of ketones is 1. The summed E-state index contributed by atoms with van der Waals surface area (Å²) in [6.07, 6.45) is 1.62. The second-order valence-corrected chi connectivity index (χ2v) is 4.85. The van der Waals surface area contributed by atoms with Crippen molar-refractivity contribution in [1.82, 2.24) is 4.98 Å². The van der Waals surface area contributed by atoms with Gasteiger partial charge in [-0.25, -0.2) is 9.18 Å². The third-order valence-corrected chi connectivity index (χ3v) is 3.37. The van der Waals surface area contributed by atoms with E-state index in [2.05, 4.69) is 4.98 Å². The van der Waals surface area contributed by atoms with Crippen molar-refractivity contribution in [3.63, 3.8) is 0 Å². The van der Waals surface area contributed by atoms with E-state index in [4.69, 9.17) is 4.74 Å². The summed E-state index contributed by atoms with van der Waals surface area (Å²) in [6.45, 7) is -0.517. The largest absolute Gasteiger partial charge is 0.454 e. The lowest BCUT2D eigenvalue weighted by atomic mass is 10.1. The van der Waals surface area contributed by atoms with Crippen LogP contribution in [0.2, 0.25) is 0 Å². The Hall–Kier alpha value is -3.08. The molecular formula is C18H12FNO3. The second-order valence-electron chi connectivity index (χ2n) is 4.85. The lowest BCUT2D eigenvalue weighted by molar-refractivity contribution is 0.0475. The Bertz CT molecular complexity index is 887. The van der Waals surface area contributed by atoms with Gasteiger partial charge in [-0.05, 0) is 30.3 Å². The molecule has 0 unspecified atom stereocenters. The number of aromatic nitrogens is 1. The highest BCUT2D eigenvalue weighted by Gasteiger charge is 2.16. The molecule has 0 saturated carbocycles. The van der Waals surface area contributed by atoms with Crippen molar-refractivity contribution in [3.8, 4) is 0 Å². The smallest absolute Gasteiger partial charge is 0.339 e. The summed E-state index contributed by atoms with van der Waals surface area (Å²) < 4.78 is 18.6. The zero-order valence-electron chi connectivity index (χ0n) is 12.0. The molecule has 0 aliphatic rings. The van der Waals surface area contributed by atoms with Crippen LogP contribution in [0.4, 0.5) is 4.39 Å². The van der Waals surface area contributed by atoms with Crippen LogP contribution < -0.4 is 0 Å². The van der Waals surface area contributed by atoms with E-state index in [-0.39, 0.29) is 5.56 Å². The minimum atomic E-state index is -0.645. The number of carbonyl (C=O) groups is 2. The lowest BCUT2D eigenvalue weighted by Gasteiger charge is -2.07. The molecule has 3 aromatic rings. The minimum Gasteiger partial charge on any atom is -0.454 e. The molecule has 4 nitrogen and oxygen atoms in total. The minimum absolute atomic E-state index is 0.0973. The predicted molar refractivity (Wildman–Crippen MR) is 82.8 cm³/mol. The van der Waals surface area contributed by atoms with Crippen LogP contribution in [0.3, 0.4) is 0 Å². The number of fused-ring (bicyclic) bond motifs is 1. The molecule has 0 fully saturated rings. The summed E-state index contributed by atoms with van der Waals surface area (Å²) in [6, 6.07) is 14.1. The van der Waals surface area contributed by atoms with Crippen molar-refractivity contribution >= 4 is 22.7 Å². The highest BCUT2D eigenvalue weighted by molar-refractivity contribution is 6.05. The topological polar surface area (TPSA) is 56.3 Å². The summed E-state index contributed by atoms with van der Waals surface area (Å²) >= 11 is 0. The predicted octanol–water partition coefficient (Wildman–Crippen LogP) is 3.41. The number of benzene rings is 2. The Morgan fingerprint density at radius 2 is 1.74 bits per heavy atom. The highest BCUT2D eigenvalue weighted by atomic mass is 19.1. The van der Waals surface area contributed by atoms with Crippen LogP contribution >= 0.6 is 0 Å². The Labute approximate surface area is 131 Å². The molecule has 0 atom stereocenters.